The summed E-state index contributed by atoms with van der Waals surface area (Å²) >= 11 is 0. The van der Waals surface area contributed by atoms with Crippen LogP contribution in [0.3, 0.4) is 0 Å². The molecule has 0 radical (unpaired) electrons. The molecule has 6 nitrogen and oxygen atoms in total. The van der Waals surface area contributed by atoms with Gasteiger partial charge in [-0.15, -0.1) is 0 Å². The van der Waals surface area contributed by atoms with E-state index in [2.05, 4.69) is 0 Å². The Morgan fingerprint density at radius 3 is 2.04 bits per heavy atom. The SMILES string of the molecule is O=C1c2ccccc2S(=O)(=O)N1COc1ccc(OCc2ccccc2)cc1. The minimum absolute atomic E-state index is 0.00765. The van der Waals surface area contributed by atoms with Crippen molar-refractivity contribution in [1.29, 1.82) is 0 Å². The van der Waals surface area contributed by atoms with Crippen molar-refractivity contribution in [3.63, 3.8) is 0 Å². The van der Waals surface area contributed by atoms with Gasteiger partial charge in [0.25, 0.3) is 15.9 Å². The highest BCUT2D eigenvalue weighted by molar-refractivity contribution is 7.90. The van der Waals surface area contributed by atoms with Gasteiger partial charge in [0.05, 0.1) is 5.56 Å². The molecule has 1 aliphatic heterocycles. The first-order chi connectivity index (χ1) is 13.6. The Morgan fingerprint density at radius 1 is 0.750 bits per heavy atom. The largest absolute Gasteiger partial charge is 0.489 e. The second-order valence-corrected chi connectivity index (χ2v) is 8.00. The molecule has 1 amide bonds. The fourth-order valence-corrected chi connectivity index (χ4v) is 4.29. The Kier molecular flexibility index (Phi) is 4.75. The van der Waals surface area contributed by atoms with Gasteiger partial charge in [-0.25, -0.2) is 8.42 Å². The number of nitrogens with zero attached hydrogens (tertiary/aromatic N) is 1. The minimum Gasteiger partial charge on any atom is -0.489 e. The maximum atomic E-state index is 12.5. The molecule has 0 saturated heterocycles. The van der Waals surface area contributed by atoms with Gasteiger partial charge >= 0.3 is 0 Å². The van der Waals surface area contributed by atoms with Crippen LogP contribution >= 0.6 is 0 Å². The van der Waals surface area contributed by atoms with Crippen molar-refractivity contribution < 1.29 is 22.7 Å². The lowest BCUT2D eigenvalue weighted by Crippen LogP contribution is -2.33. The first-order valence-electron chi connectivity index (χ1n) is 8.61. The van der Waals surface area contributed by atoms with Crippen molar-refractivity contribution in [2.24, 2.45) is 0 Å². The first-order valence-corrected chi connectivity index (χ1v) is 10.1. The summed E-state index contributed by atoms with van der Waals surface area (Å²) in [5.41, 5.74) is 1.22. The van der Waals surface area contributed by atoms with Gasteiger partial charge in [0.2, 0.25) is 0 Å². The van der Waals surface area contributed by atoms with Gasteiger partial charge in [-0.1, -0.05) is 42.5 Å². The number of fused-ring (bicyclic) bond motifs is 1. The number of benzene rings is 3. The maximum Gasteiger partial charge on any atom is 0.271 e. The van der Waals surface area contributed by atoms with Gasteiger partial charge < -0.3 is 9.47 Å². The van der Waals surface area contributed by atoms with Crippen LogP contribution in [0.4, 0.5) is 0 Å². The van der Waals surface area contributed by atoms with Crippen LogP contribution < -0.4 is 9.47 Å². The van der Waals surface area contributed by atoms with E-state index < -0.39 is 15.9 Å². The average molecular weight is 395 g/mol. The molecule has 0 atom stereocenters. The van der Waals surface area contributed by atoms with Gasteiger partial charge in [-0.2, -0.15) is 4.31 Å². The molecule has 0 bridgehead atoms. The maximum absolute atomic E-state index is 12.5. The summed E-state index contributed by atoms with van der Waals surface area (Å²) in [7, 11) is -3.88. The van der Waals surface area contributed by atoms with E-state index in [1.807, 2.05) is 30.3 Å². The molecule has 1 heterocycles. The zero-order valence-corrected chi connectivity index (χ0v) is 15.6. The van der Waals surface area contributed by atoms with Gasteiger partial charge in [-0.3, -0.25) is 4.79 Å². The summed E-state index contributed by atoms with van der Waals surface area (Å²) in [6, 6.07) is 22.7. The predicted molar refractivity (Wildman–Crippen MR) is 103 cm³/mol. The molecule has 0 aliphatic carbocycles. The molecule has 0 fully saturated rings. The van der Waals surface area contributed by atoms with E-state index in [0.717, 1.165) is 9.87 Å². The number of hydrogen-bond donors (Lipinski definition) is 0. The van der Waals surface area contributed by atoms with E-state index in [1.54, 1.807) is 36.4 Å². The molecule has 0 aromatic heterocycles. The second-order valence-electron chi connectivity index (χ2n) is 6.17. The summed E-state index contributed by atoms with van der Waals surface area (Å²) in [4.78, 5) is 12.4. The lowest BCUT2D eigenvalue weighted by atomic mass is 10.2. The molecular weight excluding hydrogens is 378 g/mol. The lowest BCUT2D eigenvalue weighted by Gasteiger charge is -2.16. The predicted octanol–water partition coefficient (Wildman–Crippen LogP) is 3.45. The molecule has 3 aromatic rings. The Hall–Kier alpha value is -3.32. The summed E-state index contributed by atoms with van der Waals surface area (Å²) < 4.78 is 36.9. The van der Waals surface area contributed by atoms with Crippen LogP contribution in [0.1, 0.15) is 15.9 Å². The Labute approximate surface area is 163 Å². The van der Waals surface area contributed by atoms with Crippen molar-refractivity contribution in [3.8, 4) is 11.5 Å². The molecular formula is C21H17NO5S. The summed E-state index contributed by atoms with van der Waals surface area (Å²) in [5.74, 6) is 0.512. The molecule has 0 saturated carbocycles. The van der Waals surface area contributed by atoms with Crippen molar-refractivity contribution in [1.82, 2.24) is 4.31 Å². The van der Waals surface area contributed by atoms with E-state index in [9.17, 15) is 13.2 Å². The molecule has 7 heteroatoms. The van der Waals surface area contributed by atoms with Gasteiger partial charge in [-0.05, 0) is 42.0 Å². The normalized spacial score (nSPS) is 14.6. The number of carbonyl (C=O) groups is 1. The number of ether oxygens (including phenoxy) is 2. The fourth-order valence-electron chi connectivity index (χ4n) is 2.86. The summed E-state index contributed by atoms with van der Waals surface area (Å²) in [6.07, 6.45) is 0. The zero-order valence-electron chi connectivity index (χ0n) is 14.8. The van der Waals surface area contributed by atoms with Crippen molar-refractivity contribution in [2.45, 2.75) is 11.5 Å². The number of amides is 1. The zero-order chi connectivity index (χ0) is 19.6. The fraction of sp³-hybridized carbons (Fsp3) is 0.0952. The highest BCUT2D eigenvalue weighted by atomic mass is 32.2. The number of carbonyl (C=O) groups excluding carboxylic acids is 1. The standard InChI is InChI=1S/C21H17NO5S/c23-21-19-8-4-5-9-20(19)28(24,25)22(21)15-27-18-12-10-17(11-13-18)26-14-16-6-2-1-3-7-16/h1-13H,14-15H2. The van der Waals surface area contributed by atoms with Crippen LogP contribution in [-0.2, 0) is 16.6 Å². The molecule has 28 heavy (non-hydrogen) atoms. The Morgan fingerprint density at radius 2 is 1.36 bits per heavy atom. The van der Waals surface area contributed by atoms with Crippen LogP contribution in [0.15, 0.2) is 83.8 Å². The van der Waals surface area contributed by atoms with Crippen LogP contribution in [0, 0.1) is 0 Å². The van der Waals surface area contributed by atoms with Crippen LogP contribution in [-0.4, -0.2) is 25.4 Å². The van der Waals surface area contributed by atoms with Gasteiger partial charge in [0, 0.05) is 0 Å². The third-order valence-corrected chi connectivity index (χ3v) is 6.10. The Balaban J connectivity index is 1.39. The highest BCUT2D eigenvalue weighted by Crippen LogP contribution is 2.30. The third kappa shape index (κ3) is 3.44. The number of hydrogen-bond acceptors (Lipinski definition) is 5. The highest BCUT2D eigenvalue weighted by Gasteiger charge is 2.41. The smallest absolute Gasteiger partial charge is 0.271 e. The van der Waals surface area contributed by atoms with Crippen LogP contribution in [0.25, 0.3) is 0 Å². The first kappa shape index (κ1) is 18.1. The van der Waals surface area contributed by atoms with E-state index >= 15 is 0 Å². The van der Waals surface area contributed by atoms with Crippen LogP contribution in [0.5, 0.6) is 11.5 Å². The molecule has 0 spiro atoms. The van der Waals surface area contributed by atoms with Crippen LogP contribution in [0.2, 0.25) is 0 Å². The van der Waals surface area contributed by atoms with Gasteiger partial charge in [0.15, 0.2) is 6.73 Å². The molecule has 0 N–H and O–H groups in total. The molecule has 3 aromatic carbocycles. The van der Waals surface area contributed by atoms with E-state index in [4.69, 9.17) is 9.47 Å². The molecule has 0 unspecified atom stereocenters. The molecule has 142 valence electrons. The lowest BCUT2D eigenvalue weighted by molar-refractivity contribution is 0.0790. The Bertz CT molecular complexity index is 1100. The minimum atomic E-state index is -3.88. The third-order valence-electron chi connectivity index (χ3n) is 4.33. The van der Waals surface area contributed by atoms with Crippen molar-refractivity contribution in [2.75, 3.05) is 6.73 Å². The van der Waals surface area contributed by atoms with Crippen molar-refractivity contribution >= 4 is 15.9 Å². The summed E-state index contributed by atoms with van der Waals surface area (Å²) in [5, 5.41) is 0. The van der Waals surface area contributed by atoms with E-state index in [0.29, 0.717) is 18.1 Å². The second kappa shape index (κ2) is 7.36. The van der Waals surface area contributed by atoms with Gasteiger partial charge in [0.1, 0.15) is 23.0 Å². The average Bonchev–Trinajstić information content (AvgIpc) is 2.92. The van der Waals surface area contributed by atoms with E-state index in [-0.39, 0.29) is 17.2 Å². The van der Waals surface area contributed by atoms with Crippen molar-refractivity contribution in [3.05, 3.63) is 90.0 Å². The molecule has 4 rings (SSSR count). The summed E-state index contributed by atoms with van der Waals surface area (Å²) in [6.45, 7) is 0.0554. The quantitative estimate of drug-likeness (QED) is 0.639. The molecule has 1 aliphatic rings. The number of sulfonamides is 1. The topological polar surface area (TPSA) is 72.9 Å². The monoisotopic (exact) mass is 395 g/mol. The van der Waals surface area contributed by atoms with E-state index in [1.165, 1.54) is 12.1 Å². The number of rotatable bonds is 6.